The molecule has 0 spiro atoms. The number of hydrogen-bond acceptors (Lipinski definition) is 3. The minimum atomic E-state index is -0.164. The van der Waals surface area contributed by atoms with Gasteiger partial charge in [-0.2, -0.15) is 0 Å². The van der Waals surface area contributed by atoms with Gasteiger partial charge in [0.15, 0.2) is 0 Å². The summed E-state index contributed by atoms with van der Waals surface area (Å²) in [5.74, 6) is 0. The van der Waals surface area contributed by atoms with Crippen LogP contribution in [0.4, 0.5) is 0 Å². The first-order valence-corrected chi connectivity index (χ1v) is 7.03. The van der Waals surface area contributed by atoms with Gasteiger partial charge in [0.2, 0.25) is 0 Å². The Balaban J connectivity index is 1.57. The van der Waals surface area contributed by atoms with Crippen molar-refractivity contribution in [2.75, 3.05) is 6.54 Å². The molecule has 0 radical (unpaired) electrons. The highest BCUT2D eigenvalue weighted by molar-refractivity contribution is 5.74. The molecule has 0 amide bonds. The van der Waals surface area contributed by atoms with Gasteiger partial charge < -0.3 is 15.3 Å². The molecule has 3 aromatic rings. The molecule has 0 aliphatic carbocycles. The summed E-state index contributed by atoms with van der Waals surface area (Å²) in [4.78, 5) is 20.8. The number of nitrogens with zero attached hydrogens (tertiary/aromatic N) is 1. The van der Waals surface area contributed by atoms with E-state index in [1.807, 2.05) is 30.6 Å². The largest absolute Gasteiger partial charge is 0.323 e. The number of fused-ring (bicyclic) bond motifs is 1. The lowest BCUT2D eigenvalue weighted by atomic mass is 10.1. The molecule has 0 saturated carbocycles. The highest BCUT2D eigenvalue weighted by Gasteiger charge is 2.01. The Morgan fingerprint density at radius 2 is 2.05 bits per heavy atom. The molecule has 0 atom stereocenters. The Labute approximate surface area is 122 Å². The highest BCUT2D eigenvalue weighted by atomic mass is 16.1. The number of rotatable bonds is 5. The fourth-order valence-corrected chi connectivity index (χ4v) is 2.43. The summed E-state index contributed by atoms with van der Waals surface area (Å²) in [7, 11) is 0. The molecule has 2 aromatic heterocycles. The predicted molar refractivity (Wildman–Crippen MR) is 83.3 cm³/mol. The van der Waals surface area contributed by atoms with E-state index in [0.717, 1.165) is 36.1 Å². The lowest BCUT2D eigenvalue weighted by Crippen LogP contribution is -2.17. The van der Waals surface area contributed by atoms with Crippen LogP contribution in [-0.2, 0) is 13.0 Å². The van der Waals surface area contributed by atoms with Crippen molar-refractivity contribution >= 4 is 11.0 Å². The molecular weight excluding hydrogens is 264 g/mol. The molecule has 2 heterocycles. The second-order valence-electron chi connectivity index (χ2n) is 5.19. The third kappa shape index (κ3) is 3.20. The van der Waals surface area contributed by atoms with Crippen molar-refractivity contribution < 1.29 is 0 Å². The molecule has 0 bridgehead atoms. The van der Waals surface area contributed by atoms with Crippen LogP contribution in [0.5, 0.6) is 0 Å². The average Bonchev–Trinajstić information content (AvgIpc) is 2.84. The Kier molecular flexibility index (Phi) is 3.83. The van der Waals surface area contributed by atoms with Gasteiger partial charge >= 0.3 is 5.69 Å². The summed E-state index contributed by atoms with van der Waals surface area (Å²) >= 11 is 0. The number of hydrogen-bond donors (Lipinski definition) is 3. The molecular formula is C16H18N4O. The van der Waals surface area contributed by atoms with Crippen molar-refractivity contribution in [2.45, 2.75) is 19.9 Å². The van der Waals surface area contributed by atoms with E-state index in [-0.39, 0.29) is 5.69 Å². The van der Waals surface area contributed by atoms with Crippen LogP contribution in [0, 0.1) is 6.92 Å². The fourth-order valence-electron chi connectivity index (χ4n) is 2.43. The van der Waals surface area contributed by atoms with Crippen molar-refractivity contribution in [1.29, 1.82) is 0 Å². The molecule has 5 nitrogen and oxygen atoms in total. The summed E-state index contributed by atoms with van der Waals surface area (Å²) in [5.41, 5.74) is 5.24. The van der Waals surface area contributed by atoms with Gasteiger partial charge in [0, 0.05) is 18.9 Å². The molecule has 0 fully saturated rings. The summed E-state index contributed by atoms with van der Waals surface area (Å²) in [6.45, 7) is 3.78. The van der Waals surface area contributed by atoms with Gasteiger partial charge in [-0.15, -0.1) is 0 Å². The predicted octanol–water partition coefficient (Wildman–Crippen LogP) is 1.89. The molecule has 108 valence electrons. The molecule has 3 N–H and O–H groups in total. The maximum atomic E-state index is 11.2. The van der Waals surface area contributed by atoms with Crippen LogP contribution in [0.1, 0.15) is 16.7 Å². The number of pyridine rings is 1. The van der Waals surface area contributed by atoms with Gasteiger partial charge in [-0.25, -0.2) is 4.79 Å². The van der Waals surface area contributed by atoms with E-state index in [4.69, 9.17) is 0 Å². The minimum Gasteiger partial charge on any atom is -0.312 e. The third-order valence-corrected chi connectivity index (χ3v) is 3.62. The summed E-state index contributed by atoms with van der Waals surface area (Å²) in [6.07, 6.45) is 4.71. The van der Waals surface area contributed by atoms with Gasteiger partial charge in [-0.05, 0) is 54.8 Å². The van der Waals surface area contributed by atoms with Crippen LogP contribution in [0.15, 0.2) is 41.5 Å². The van der Waals surface area contributed by atoms with Gasteiger partial charge in [0.1, 0.15) is 0 Å². The zero-order valence-corrected chi connectivity index (χ0v) is 11.9. The molecule has 21 heavy (non-hydrogen) atoms. The Morgan fingerprint density at radius 1 is 1.19 bits per heavy atom. The maximum absolute atomic E-state index is 11.2. The smallest absolute Gasteiger partial charge is 0.312 e. The van der Waals surface area contributed by atoms with Crippen molar-refractivity contribution in [2.24, 2.45) is 0 Å². The number of aryl methyl sites for hydroxylation is 1. The summed E-state index contributed by atoms with van der Waals surface area (Å²) in [5, 5.41) is 3.43. The molecule has 1 aromatic carbocycles. The van der Waals surface area contributed by atoms with Crippen LogP contribution in [0.25, 0.3) is 11.0 Å². The Hall–Kier alpha value is -2.40. The van der Waals surface area contributed by atoms with E-state index in [1.165, 1.54) is 11.1 Å². The zero-order chi connectivity index (χ0) is 14.7. The maximum Gasteiger partial charge on any atom is 0.323 e. The minimum absolute atomic E-state index is 0.164. The quantitative estimate of drug-likeness (QED) is 0.626. The average molecular weight is 282 g/mol. The molecule has 3 rings (SSSR count). The number of H-pyrrole nitrogens is 2. The van der Waals surface area contributed by atoms with Crippen molar-refractivity contribution in [1.82, 2.24) is 20.3 Å². The standard InChI is InChI=1S/C16H18N4O/c1-11-9-17-6-4-13(11)5-7-18-10-12-2-3-14-15(8-12)20-16(21)19-14/h2-4,6,8-9,18H,5,7,10H2,1H3,(H2,19,20,21). The van der Waals surface area contributed by atoms with Crippen molar-refractivity contribution in [3.8, 4) is 0 Å². The van der Waals surface area contributed by atoms with E-state index in [1.54, 1.807) is 0 Å². The van der Waals surface area contributed by atoms with Gasteiger partial charge in [-0.3, -0.25) is 4.98 Å². The lowest BCUT2D eigenvalue weighted by molar-refractivity contribution is 0.685. The SMILES string of the molecule is Cc1cnccc1CCNCc1ccc2[nH]c(=O)[nH]c2c1. The lowest BCUT2D eigenvalue weighted by Gasteiger charge is -2.07. The topological polar surface area (TPSA) is 73.6 Å². The van der Waals surface area contributed by atoms with E-state index in [9.17, 15) is 4.79 Å². The van der Waals surface area contributed by atoms with Crippen LogP contribution < -0.4 is 11.0 Å². The monoisotopic (exact) mass is 282 g/mol. The first kappa shape index (κ1) is 13.6. The number of aromatic amines is 2. The fraction of sp³-hybridized carbons (Fsp3) is 0.250. The third-order valence-electron chi connectivity index (χ3n) is 3.62. The number of imidazole rings is 1. The molecule has 0 unspecified atom stereocenters. The van der Waals surface area contributed by atoms with Crippen LogP contribution in [0.3, 0.4) is 0 Å². The van der Waals surface area contributed by atoms with Crippen LogP contribution in [0.2, 0.25) is 0 Å². The second kappa shape index (κ2) is 5.93. The van der Waals surface area contributed by atoms with Gasteiger partial charge in [0.25, 0.3) is 0 Å². The first-order chi connectivity index (χ1) is 10.2. The molecule has 0 aliphatic heterocycles. The van der Waals surface area contributed by atoms with Gasteiger partial charge in [-0.1, -0.05) is 6.07 Å². The summed E-state index contributed by atoms with van der Waals surface area (Å²) in [6, 6.07) is 8.01. The second-order valence-corrected chi connectivity index (χ2v) is 5.19. The molecule has 0 saturated heterocycles. The van der Waals surface area contributed by atoms with Gasteiger partial charge in [0.05, 0.1) is 11.0 Å². The number of benzene rings is 1. The van der Waals surface area contributed by atoms with Crippen molar-refractivity contribution in [3.63, 3.8) is 0 Å². The van der Waals surface area contributed by atoms with Crippen LogP contribution >= 0.6 is 0 Å². The van der Waals surface area contributed by atoms with Crippen LogP contribution in [-0.4, -0.2) is 21.5 Å². The Bertz CT molecular complexity index is 803. The van der Waals surface area contributed by atoms with E-state index < -0.39 is 0 Å². The normalized spacial score (nSPS) is 11.1. The van der Waals surface area contributed by atoms with E-state index in [2.05, 4.69) is 33.3 Å². The van der Waals surface area contributed by atoms with E-state index >= 15 is 0 Å². The highest BCUT2D eigenvalue weighted by Crippen LogP contribution is 2.10. The first-order valence-electron chi connectivity index (χ1n) is 7.03. The molecule has 5 heteroatoms. The number of aromatic nitrogens is 3. The zero-order valence-electron chi connectivity index (χ0n) is 11.9. The summed E-state index contributed by atoms with van der Waals surface area (Å²) < 4.78 is 0. The Morgan fingerprint density at radius 3 is 2.90 bits per heavy atom. The molecule has 0 aliphatic rings. The number of nitrogens with one attached hydrogen (secondary N) is 3. The van der Waals surface area contributed by atoms with Crippen molar-refractivity contribution in [3.05, 3.63) is 63.8 Å². The van der Waals surface area contributed by atoms with E-state index in [0.29, 0.717) is 0 Å².